The molecule has 0 fully saturated rings. The van der Waals surface area contributed by atoms with Crippen molar-refractivity contribution in [3.8, 4) is 0 Å². The molecule has 1 aromatic rings. The molecule has 0 saturated carbocycles. The lowest BCUT2D eigenvalue weighted by Gasteiger charge is -2.13. The standard InChI is InChI=1S/C15H18O7S/c1-4-20-14(16)12(15(17)21-5-2)13(22-23(3,18)19)11-9-7-6-8-10-11/h6-10H,4-5H2,1-3H3. The van der Waals surface area contributed by atoms with Gasteiger partial charge in [-0.2, -0.15) is 8.42 Å². The fourth-order valence-corrected chi connectivity index (χ4v) is 2.13. The van der Waals surface area contributed by atoms with Crippen molar-refractivity contribution in [1.29, 1.82) is 0 Å². The van der Waals surface area contributed by atoms with E-state index >= 15 is 0 Å². The maximum absolute atomic E-state index is 12.1. The summed E-state index contributed by atoms with van der Waals surface area (Å²) in [6.07, 6.45) is 0.809. The monoisotopic (exact) mass is 342 g/mol. The highest BCUT2D eigenvalue weighted by atomic mass is 32.2. The molecule has 0 aromatic heterocycles. The van der Waals surface area contributed by atoms with Gasteiger partial charge in [-0.15, -0.1) is 0 Å². The molecule has 0 unspecified atom stereocenters. The van der Waals surface area contributed by atoms with Crippen LogP contribution in [0.4, 0.5) is 0 Å². The molecular formula is C15H18O7S. The van der Waals surface area contributed by atoms with Crippen molar-refractivity contribution in [2.24, 2.45) is 0 Å². The molecule has 0 atom stereocenters. The molecule has 0 amide bonds. The van der Waals surface area contributed by atoms with Gasteiger partial charge in [0.2, 0.25) is 0 Å². The lowest BCUT2D eigenvalue weighted by molar-refractivity contribution is -0.146. The average Bonchev–Trinajstić information content (AvgIpc) is 2.47. The van der Waals surface area contributed by atoms with E-state index in [4.69, 9.17) is 13.7 Å². The Labute approximate surface area is 135 Å². The first-order chi connectivity index (χ1) is 10.8. The van der Waals surface area contributed by atoms with Crippen molar-refractivity contribution >= 4 is 27.8 Å². The highest BCUT2D eigenvalue weighted by Crippen LogP contribution is 2.24. The van der Waals surface area contributed by atoms with E-state index in [-0.39, 0.29) is 18.8 Å². The molecule has 0 N–H and O–H groups in total. The van der Waals surface area contributed by atoms with Gasteiger partial charge in [0.05, 0.1) is 19.5 Å². The minimum absolute atomic E-state index is 0.00266. The summed E-state index contributed by atoms with van der Waals surface area (Å²) in [6, 6.07) is 7.90. The van der Waals surface area contributed by atoms with Gasteiger partial charge in [-0.05, 0) is 13.8 Å². The first kappa shape index (κ1) is 18.7. The zero-order valence-electron chi connectivity index (χ0n) is 13.1. The largest absolute Gasteiger partial charge is 0.462 e. The van der Waals surface area contributed by atoms with Crippen LogP contribution in [0, 0.1) is 0 Å². The summed E-state index contributed by atoms with van der Waals surface area (Å²) in [4.78, 5) is 24.2. The maximum atomic E-state index is 12.1. The normalized spacial score (nSPS) is 10.6. The second-order valence-electron chi connectivity index (χ2n) is 4.30. The van der Waals surface area contributed by atoms with Crippen LogP contribution in [0.2, 0.25) is 0 Å². The van der Waals surface area contributed by atoms with E-state index in [0.29, 0.717) is 0 Å². The number of rotatable bonds is 7. The van der Waals surface area contributed by atoms with Gasteiger partial charge >= 0.3 is 22.1 Å². The quantitative estimate of drug-likeness (QED) is 0.185. The molecule has 0 spiro atoms. The van der Waals surface area contributed by atoms with Crippen molar-refractivity contribution in [2.75, 3.05) is 19.5 Å². The highest BCUT2D eigenvalue weighted by molar-refractivity contribution is 7.86. The Morgan fingerprint density at radius 3 is 1.83 bits per heavy atom. The summed E-state index contributed by atoms with van der Waals surface area (Å²) < 4.78 is 37.5. The van der Waals surface area contributed by atoms with Crippen LogP contribution in [-0.4, -0.2) is 39.8 Å². The Balaban J connectivity index is 3.57. The van der Waals surface area contributed by atoms with E-state index < -0.39 is 33.4 Å². The van der Waals surface area contributed by atoms with Crippen molar-refractivity contribution in [2.45, 2.75) is 13.8 Å². The predicted octanol–water partition coefficient (Wildman–Crippen LogP) is 1.50. The zero-order chi connectivity index (χ0) is 17.5. The van der Waals surface area contributed by atoms with Gasteiger partial charge < -0.3 is 13.7 Å². The van der Waals surface area contributed by atoms with E-state index in [1.807, 2.05) is 0 Å². The predicted molar refractivity (Wildman–Crippen MR) is 82.6 cm³/mol. The van der Waals surface area contributed by atoms with Gasteiger partial charge in [-0.25, -0.2) is 9.59 Å². The summed E-state index contributed by atoms with van der Waals surface area (Å²) >= 11 is 0. The van der Waals surface area contributed by atoms with Crippen LogP contribution < -0.4 is 0 Å². The van der Waals surface area contributed by atoms with Crippen LogP contribution in [0.5, 0.6) is 0 Å². The molecule has 1 aromatic carbocycles. The molecule has 23 heavy (non-hydrogen) atoms. The van der Waals surface area contributed by atoms with E-state index in [2.05, 4.69) is 0 Å². The smallest absolute Gasteiger partial charge is 0.349 e. The molecule has 7 nitrogen and oxygen atoms in total. The van der Waals surface area contributed by atoms with Gasteiger partial charge in [0.15, 0.2) is 11.3 Å². The number of carbonyl (C=O) groups is 2. The first-order valence-corrected chi connectivity index (χ1v) is 8.65. The molecule has 8 heteroatoms. The molecule has 0 aliphatic heterocycles. The minimum Gasteiger partial charge on any atom is -0.462 e. The Kier molecular flexibility index (Phi) is 6.77. The van der Waals surface area contributed by atoms with Crippen LogP contribution in [0.25, 0.3) is 5.76 Å². The fraction of sp³-hybridized carbons (Fsp3) is 0.333. The highest BCUT2D eigenvalue weighted by Gasteiger charge is 2.30. The number of esters is 2. The number of carbonyl (C=O) groups excluding carboxylic acids is 2. The number of benzene rings is 1. The third kappa shape index (κ3) is 5.74. The maximum Gasteiger partial charge on any atom is 0.349 e. The molecule has 0 aliphatic carbocycles. The van der Waals surface area contributed by atoms with Crippen molar-refractivity contribution in [3.63, 3.8) is 0 Å². The number of ether oxygens (including phenoxy) is 2. The average molecular weight is 342 g/mol. The number of hydrogen-bond acceptors (Lipinski definition) is 7. The van der Waals surface area contributed by atoms with Crippen LogP contribution in [0.1, 0.15) is 19.4 Å². The summed E-state index contributed by atoms with van der Waals surface area (Å²) in [7, 11) is -3.99. The van der Waals surface area contributed by atoms with Gasteiger partial charge in [0, 0.05) is 5.56 Å². The van der Waals surface area contributed by atoms with Crippen molar-refractivity contribution in [3.05, 3.63) is 41.5 Å². The van der Waals surface area contributed by atoms with E-state index in [0.717, 1.165) is 6.26 Å². The lowest BCUT2D eigenvalue weighted by atomic mass is 10.1. The van der Waals surface area contributed by atoms with E-state index in [1.54, 1.807) is 32.0 Å². The second-order valence-corrected chi connectivity index (χ2v) is 5.87. The van der Waals surface area contributed by atoms with Crippen molar-refractivity contribution < 1.29 is 31.7 Å². The number of hydrogen-bond donors (Lipinski definition) is 0. The van der Waals surface area contributed by atoms with Gasteiger partial charge in [0.1, 0.15) is 0 Å². The fourth-order valence-electron chi connectivity index (χ4n) is 1.65. The second kappa shape index (κ2) is 8.33. The Morgan fingerprint density at radius 1 is 0.957 bits per heavy atom. The topological polar surface area (TPSA) is 96.0 Å². The molecule has 126 valence electrons. The SMILES string of the molecule is CCOC(=O)C(C(=O)OCC)=C(OS(C)(=O)=O)c1ccccc1. The third-order valence-electron chi connectivity index (χ3n) is 2.46. The van der Waals surface area contributed by atoms with E-state index in [1.165, 1.54) is 12.1 Å². The molecular weight excluding hydrogens is 324 g/mol. The molecule has 0 heterocycles. The minimum atomic E-state index is -3.99. The molecule has 0 bridgehead atoms. The molecule has 1 rings (SSSR count). The van der Waals surface area contributed by atoms with Crippen molar-refractivity contribution in [1.82, 2.24) is 0 Å². The summed E-state index contributed by atoms with van der Waals surface area (Å²) in [5, 5.41) is 0. The molecule has 0 radical (unpaired) electrons. The first-order valence-electron chi connectivity index (χ1n) is 6.83. The van der Waals surface area contributed by atoms with Crippen LogP contribution in [0.15, 0.2) is 35.9 Å². The summed E-state index contributed by atoms with van der Waals surface area (Å²) in [5.74, 6) is -2.47. The van der Waals surface area contributed by atoms with Gasteiger partial charge in [-0.1, -0.05) is 30.3 Å². The van der Waals surface area contributed by atoms with Crippen LogP contribution in [-0.2, 0) is 33.4 Å². The summed E-state index contributed by atoms with van der Waals surface area (Å²) in [5.41, 5.74) is -0.376. The lowest BCUT2D eigenvalue weighted by Crippen LogP contribution is -2.22. The molecule has 0 aliphatic rings. The summed E-state index contributed by atoms with van der Waals surface area (Å²) in [6.45, 7) is 3.12. The zero-order valence-corrected chi connectivity index (χ0v) is 13.9. The Hall–Kier alpha value is -2.35. The Morgan fingerprint density at radius 2 is 1.43 bits per heavy atom. The van der Waals surface area contributed by atoms with Gasteiger partial charge in [-0.3, -0.25) is 0 Å². The van der Waals surface area contributed by atoms with Crippen LogP contribution >= 0.6 is 0 Å². The van der Waals surface area contributed by atoms with Gasteiger partial charge in [0.25, 0.3) is 0 Å². The Bertz CT molecular complexity index is 670. The third-order valence-corrected chi connectivity index (χ3v) is 2.93. The van der Waals surface area contributed by atoms with E-state index in [9.17, 15) is 18.0 Å². The van der Waals surface area contributed by atoms with Crippen LogP contribution in [0.3, 0.4) is 0 Å². The molecule has 0 saturated heterocycles.